The van der Waals surface area contributed by atoms with E-state index in [0.717, 1.165) is 0 Å². The fourth-order valence-corrected chi connectivity index (χ4v) is 2.43. The number of thiocarbonyl (C=S) groups is 1. The number of methoxy groups -OCH3 is 1. The summed E-state index contributed by atoms with van der Waals surface area (Å²) in [7, 11) is 1.45. The average Bonchev–Trinajstić information content (AvgIpc) is 3.28. The molecule has 3 N–H and O–H groups in total. The fourth-order valence-electron chi connectivity index (χ4n) is 2.36. The van der Waals surface area contributed by atoms with Crippen molar-refractivity contribution in [3.05, 3.63) is 59.7 Å². The molecule has 10 heteroatoms. The molecular weight excluding hydrogens is 362 g/mol. The molecule has 2 heterocycles. The lowest BCUT2D eigenvalue weighted by Crippen LogP contribution is -2.38. The number of benzene rings is 1. The van der Waals surface area contributed by atoms with E-state index >= 15 is 0 Å². The summed E-state index contributed by atoms with van der Waals surface area (Å²) in [6.45, 7) is 0.347. The van der Waals surface area contributed by atoms with Crippen LogP contribution in [0, 0.1) is 23.0 Å². The van der Waals surface area contributed by atoms with Crippen LogP contribution in [0.2, 0.25) is 0 Å². The van der Waals surface area contributed by atoms with Crippen molar-refractivity contribution in [2.45, 2.75) is 0 Å². The Bertz CT molecular complexity index is 897. The predicted molar refractivity (Wildman–Crippen MR) is 94.8 cm³/mol. The number of hydrogen-bond donors (Lipinski definition) is 3. The van der Waals surface area contributed by atoms with E-state index in [0.29, 0.717) is 17.8 Å². The van der Waals surface area contributed by atoms with Crippen LogP contribution in [-0.2, 0) is 4.74 Å². The number of nitrogens with one attached hydrogen (secondary N) is 3. The molecule has 2 aromatic rings. The Morgan fingerprint density at radius 1 is 1.38 bits per heavy atom. The van der Waals surface area contributed by atoms with Crippen molar-refractivity contribution < 1.29 is 13.5 Å². The average molecular weight is 376 g/mol. The van der Waals surface area contributed by atoms with Crippen LogP contribution in [-0.4, -0.2) is 23.4 Å². The molecule has 26 heavy (non-hydrogen) atoms. The molecule has 1 aliphatic rings. The number of anilines is 1. The summed E-state index contributed by atoms with van der Waals surface area (Å²) in [5.74, 6) is -1.52. The number of aromatic nitrogens is 1. The minimum atomic E-state index is -0.762. The SMILES string of the molecule is COC(=S)NCC1=CN(c2cc(F)c(-n3ccc(C#N)c3)c(F)c2)NN1. The molecular formula is C16H14F2N6OS. The van der Waals surface area contributed by atoms with E-state index in [9.17, 15) is 8.78 Å². The Balaban J connectivity index is 1.81. The summed E-state index contributed by atoms with van der Waals surface area (Å²) < 4.78 is 35.0. The Morgan fingerprint density at radius 2 is 2.12 bits per heavy atom. The van der Waals surface area contributed by atoms with Crippen LogP contribution >= 0.6 is 12.2 Å². The van der Waals surface area contributed by atoms with Crippen LogP contribution in [0.15, 0.2) is 42.5 Å². The summed E-state index contributed by atoms with van der Waals surface area (Å²) in [6, 6.07) is 5.77. The quantitative estimate of drug-likeness (QED) is 0.703. The number of hydrogen-bond acceptors (Lipinski definition) is 6. The predicted octanol–water partition coefficient (Wildman–Crippen LogP) is 1.82. The minimum Gasteiger partial charge on any atom is -0.474 e. The molecule has 134 valence electrons. The minimum absolute atomic E-state index is 0.232. The first kappa shape index (κ1) is 17.7. The summed E-state index contributed by atoms with van der Waals surface area (Å²) in [6.07, 6.45) is 4.42. The van der Waals surface area contributed by atoms with Gasteiger partial charge in [-0.3, -0.25) is 5.01 Å². The lowest BCUT2D eigenvalue weighted by atomic mass is 10.2. The van der Waals surface area contributed by atoms with Crippen LogP contribution in [0.25, 0.3) is 5.69 Å². The Morgan fingerprint density at radius 3 is 2.73 bits per heavy atom. The molecule has 7 nitrogen and oxygen atoms in total. The van der Waals surface area contributed by atoms with Gasteiger partial charge in [0.15, 0.2) is 11.6 Å². The van der Waals surface area contributed by atoms with Crippen molar-refractivity contribution in [3.8, 4) is 11.8 Å². The van der Waals surface area contributed by atoms with Gasteiger partial charge in [-0.2, -0.15) is 5.26 Å². The number of nitrogens with zero attached hydrogens (tertiary/aromatic N) is 3. The summed E-state index contributed by atoms with van der Waals surface area (Å²) in [5, 5.41) is 13.3. The number of nitriles is 1. The van der Waals surface area contributed by atoms with Gasteiger partial charge in [0.1, 0.15) is 11.8 Å². The molecule has 0 radical (unpaired) electrons. The number of ether oxygens (including phenoxy) is 1. The van der Waals surface area contributed by atoms with Gasteiger partial charge in [-0.15, -0.1) is 5.53 Å². The molecule has 0 fully saturated rings. The topological polar surface area (TPSA) is 77.3 Å². The third-order valence-corrected chi connectivity index (χ3v) is 3.90. The molecule has 1 aromatic carbocycles. The van der Waals surface area contributed by atoms with E-state index < -0.39 is 11.6 Å². The van der Waals surface area contributed by atoms with Crippen LogP contribution < -0.4 is 21.3 Å². The smallest absolute Gasteiger partial charge is 0.256 e. The van der Waals surface area contributed by atoms with Gasteiger partial charge >= 0.3 is 0 Å². The summed E-state index contributed by atoms with van der Waals surface area (Å²) in [4.78, 5) is 0. The van der Waals surface area contributed by atoms with Crippen molar-refractivity contribution in [2.75, 3.05) is 18.7 Å². The van der Waals surface area contributed by atoms with E-state index in [4.69, 9.17) is 22.2 Å². The molecule has 3 rings (SSSR count). The van der Waals surface area contributed by atoms with E-state index in [1.807, 2.05) is 6.07 Å². The molecule has 0 spiro atoms. The first-order valence-electron chi connectivity index (χ1n) is 7.42. The van der Waals surface area contributed by atoms with Crippen LogP contribution in [0.1, 0.15) is 5.56 Å². The molecule has 0 bridgehead atoms. The second-order valence-corrected chi connectivity index (χ2v) is 5.65. The van der Waals surface area contributed by atoms with Gasteiger partial charge in [-0.25, -0.2) is 8.78 Å². The van der Waals surface area contributed by atoms with Gasteiger partial charge < -0.3 is 20.0 Å². The highest BCUT2D eigenvalue weighted by Crippen LogP contribution is 2.26. The maximum absolute atomic E-state index is 14.5. The van der Waals surface area contributed by atoms with Crippen LogP contribution in [0.3, 0.4) is 0 Å². The number of halogens is 2. The molecule has 0 atom stereocenters. The molecule has 0 aliphatic carbocycles. The largest absolute Gasteiger partial charge is 0.474 e. The van der Waals surface area contributed by atoms with E-state index in [-0.39, 0.29) is 16.5 Å². The Kier molecular flexibility index (Phi) is 5.01. The van der Waals surface area contributed by atoms with Crippen LogP contribution in [0.4, 0.5) is 14.5 Å². The second kappa shape index (κ2) is 7.38. The summed E-state index contributed by atoms with van der Waals surface area (Å²) >= 11 is 4.87. The maximum atomic E-state index is 14.5. The van der Waals surface area contributed by atoms with E-state index in [1.54, 1.807) is 6.20 Å². The molecule has 1 aromatic heterocycles. The monoisotopic (exact) mass is 376 g/mol. The molecule has 0 saturated carbocycles. The van der Waals surface area contributed by atoms with Crippen LogP contribution in [0.5, 0.6) is 0 Å². The van der Waals surface area contributed by atoms with Gasteiger partial charge in [0.05, 0.1) is 30.6 Å². The molecule has 0 unspecified atom stereocenters. The normalized spacial score (nSPS) is 13.0. The highest BCUT2D eigenvalue weighted by molar-refractivity contribution is 7.80. The highest BCUT2D eigenvalue weighted by atomic mass is 32.1. The highest BCUT2D eigenvalue weighted by Gasteiger charge is 2.19. The third kappa shape index (κ3) is 3.58. The van der Waals surface area contributed by atoms with Crippen molar-refractivity contribution in [1.82, 2.24) is 20.8 Å². The zero-order valence-electron chi connectivity index (χ0n) is 13.6. The Labute approximate surface area is 153 Å². The standard InChI is InChI=1S/C16H14F2N6OS/c1-25-16(26)20-7-11-9-24(22-21-11)12-4-13(17)15(14(18)5-12)23-3-2-10(6-19)8-23/h2-5,8-9,21-22H,7H2,1H3,(H,20,26). The van der Waals surface area contributed by atoms with Crippen molar-refractivity contribution in [3.63, 3.8) is 0 Å². The van der Waals surface area contributed by atoms with Crippen molar-refractivity contribution >= 4 is 23.1 Å². The van der Waals surface area contributed by atoms with E-state index in [2.05, 4.69) is 16.3 Å². The first-order valence-corrected chi connectivity index (χ1v) is 7.83. The number of hydrazine groups is 2. The maximum Gasteiger partial charge on any atom is 0.256 e. The fraction of sp³-hybridized carbons (Fsp3) is 0.125. The zero-order chi connectivity index (χ0) is 18.7. The van der Waals surface area contributed by atoms with Gasteiger partial charge in [-0.1, -0.05) is 0 Å². The zero-order valence-corrected chi connectivity index (χ0v) is 14.4. The van der Waals surface area contributed by atoms with Crippen molar-refractivity contribution in [1.29, 1.82) is 5.26 Å². The molecule has 0 saturated heterocycles. The third-order valence-electron chi connectivity index (χ3n) is 3.59. The number of rotatable bonds is 4. The molecule has 0 amide bonds. The van der Waals surface area contributed by atoms with Gasteiger partial charge in [0, 0.05) is 30.7 Å². The van der Waals surface area contributed by atoms with Gasteiger partial charge in [0.2, 0.25) is 0 Å². The Hall–Kier alpha value is -3.16. The first-order chi connectivity index (χ1) is 12.5. The van der Waals surface area contributed by atoms with Gasteiger partial charge in [0.25, 0.3) is 5.17 Å². The van der Waals surface area contributed by atoms with Gasteiger partial charge in [-0.05, 0) is 18.3 Å². The lowest BCUT2D eigenvalue weighted by molar-refractivity contribution is 0.394. The molecule has 1 aliphatic heterocycles. The second-order valence-electron chi connectivity index (χ2n) is 5.28. The van der Waals surface area contributed by atoms with Crippen molar-refractivity contribution in [2.24, 2.45) is 0 Å². The summed E-state index contributed by atoms with van der Waals surface area (Å²) in [5.41, 5.74) is 6.64. The lowest BCUT2D eigenvalue weighted by Gasteiger charge is -2.17. The van der Waals surface area contributed by atoms with E-state index in [1.165, 1.54) is 47.3 Å².